The largest absolute Gasteiger partial charge is 0.255 e. The van der Waals surface area contributed by atoms with E-state index in [0.29, 0.717) is 6.42 Å². The Morgan fingerprint density at radius 3 is 2.56 bits per heavy atom. The molecule has 18 heavy (non-hydrogen) atoms. The minimum Gasteiger partial charge on any atom is -0.255 e. The Bertz CT molecular complexity index is 570. The number of hydrogen-bond acceptors (Lipinski definition) is 3. The van der Waals surface area contributed by atoms with Crippen LogP contribution in [0.1, 0.15) is 24.0 Å². The first-order valence-corrected chi connectivity index (χ1v) is 6.04. The van der Waals surface area contributed by atoms with Crippen LogP contribution in [0.15, 0.2) is 36.7 Å². The molecule has 0 bridgehead atoms. The second-order valence-corrected chi connectivity index (χ2v) is 4.28. The monoisotopic (exact) mass is 237 g/mol. The van der Waals surface area contributed by atoms with Crippen LogP contribution in [0.2, 0.25) is 0 Å². The minimum absolute atomic E-state index is 0.598. The number of hydrogen-bond donors (Lipinski definition) is 0. The molecule has 90 valence electrons. The van der Waals surface area contributed by atoms with Crippen molar-refractivity contribution < 1.29 is 0 Å². The van der Waals surface area contributed by atoms with E-state index in [0.717, 1.165) is 24.2 Å². The van der Waals surface area contributed by atoms with Crippen LogP contribution >= 0.6 is 0 Å². The quantitative estimate of drug-likeness (QED) is 0.766. The molecular weight excluding hydrogens is 222 g/mol. The van der Waals surface area contributed by atoms with Crippen LogP contribution < -0.4 is 0 Å². The van der Waals surface area contributed by atoms with E-state index in [9.17, 15) is 0 Å². The number of unbranched alkanes of at least 4 members (excludes halogenated alkanes) is 1. The highest BCUT2D eigenvalue weighted by Crippen LogP contribution is 2.17. The Morgan fingerprint density at radius 1 is 1.11 bits per heavy atom. The molecule has 2 rings (SSSR count). The molecule has 2 aromatic heterocycles. The van der Waals surface area contributed by atoms with Crippen molar-refractivity contribution >= 4 is 0 Å². The van der Waals surface area contributed by atoms with Crippen molar-refractivity contribution in [1.82, 2.24) is 9.97 Å². The average Bonchev–Trinajstić information content (AvgIpc) is 2.39. The van der Waals surface area contributed by atoms with Crippen LogP contribution in [0, 0.1) is 18.3 Å². The molecular formula is C15H15N3. The lowest BCUT2D eigenvalue weighted by Crippen LogP contribution is -1.91. The molecule has 0 atom stereocenters. The molecule has 0 aliphatic carbocycles. The van der Waals surface area contributed by atoms with E-state index >= 15 is 0 Å². The van der Waals surface area contributed by atoms with Gasteiger partial charge < -0.3 is 0 Å². The third kappa shape index (κ3) is 3.14. The number of nitriles is 1. The van der Waals surface area contributed by atoms with Gasteiger partial charge in [-0.15, -0.1) is 0 Å². The zero-order valence-electron chi connectivity index (χ0n) is 10.4. The molecule has 0 aliphatic rings. The van der Waals surface area contributed by atoms with Crippen molar-refractivity contribution in [3.05, 3.63) is 47.8 Å². The topological polar surface area (TPSA) is 49.6 Å². The van der Waals surface area contributed by atoms with E-state index in [2.05, 4.69) is 22.1 Å². The Hall–Kier alpha value is -2.21. The predicted molar refractivity (Wildman–Crippen MR) is 70.8 cm³/mol. The van der Waals surface area contributed by atoms with Crippen molar-refractivity contribution in [3.8, 4) is 17.5 Å². The first-order chi connectivity index (χ1) is 8.79. The van der Waals surface area contributed by atoms with Crippen LogP contribution in [-0.2, 0) is 6.42 Å². The molecule has 0 spiro atoms. The molecule has 3 nitrogen and oxygen atoms in total. The highest BCUT2D eigenvalue weighted by molar-refractivity contribution is 5.55. The molecule has 0 amide bonds. The van der Waals surface area contributed by atoms with Crippen LogP contribution in [0.3, 0.4) is 0 Å². The molecule has 0 saturated heterocycles. The van der Waals surface area contributed by atoms with Gasteiger partial charge in [-0.1, -0.05) is 0 Å². The molecule has 0 N–H and O–H groups in total. The summed E-state index contributed by atoms with van der Waals surface area (Å²) in [5.74, 6) is 0. The number of rotatable bonds is 4. The summed E-state index contributed by atoms with van der Waals surface area (Å²) in [4.78, 5) is 8.68. The van der Waals surface area contributed by atoms with Crippen LogP contribution in [-0.4, -0.2) is 9.97 Å². The van der Waals surface area contributed by atoms with Gasteiger partial charge in [-0.2, -0.15) is 5.26 Å². The second kappa shape index (κ2) is 5.92. The molecule has 0 unspecified atom stereocenters. The summed E-state index contributed by atoms with van der Waals surface area (Å²) in [6.07, 6.45) is 6.01. The molecule has 3 heteroatoms. The molecule has 0 saturated carbocycles. The van der Waals surface area contributed by atoms with Gasteiger partial charge in [-0.25, -0.2) is 0 Å². The Balaban J connectivity index is 2.19. The van der Waals surface area contributed by atoms with Gasteiger partial charge in [0.1, 0.15) is 0 Å². The van der Waals surface area contributed by atoms with Gasteiger partial charge >= 0.3 is 0 Å². The minimum atomic E-state index is 0.598. The predicted octanol–water partition coefficient (Wildman–Crippen LogP) is 3.30. The van der Waals surface area contributed by atoms with E-state index in [1.165, 1.54) is 11.1 Å². The summed E-state index contributed by atoms with van der Waals surface area (Å²) in [7, 11) is 0. The third-order valence-corrected chi connectivity index (χ3v) is 2.76. The zero-order chi connectivity index (χ0) is 12.8. The van der Waals surface area contributed by atoms with Crippen molar-refractivity contribution in [3.63, 3.8) is 0 Å². The van der Waals surface area contributed by atoms with Crippen molar-refractivity contribution in [1.29, 1.82) is 5.26 Å². The van der Waals surface area contributed by atoms with Gasteiger partial charge in [0.15, 0.2) is 0 Å². The van der Waals surface area contributed by atoms with Crippen LogP contribution in [0.25, 0.3) is 11.4 Å². The molecule has 0 radical (unpaired) electrons. The van der Waals surface area contributed by atoms with E-state index in [1.54, 1.807) is 12.4 Å². The van der Waals surface area contributed by atoms with E-state index < -0.39 is 0 Å². The smallest absolute Gasteiger partial charge is 0.0888 e. The van der Waals surface area contributed by atoms with Crippen LogP contribution in [0.4, 0.5) is 0 Å². The van der Waals surface area contributed by atoms with E-state index in [-0.39, 0.29) is 0 Å². The first kappa shape index (κ1) is 12.3. The van der Waals surface area contributed by atoms with E-state index in [4.69, 9.17) is 5.26 Å². The molecule has 0 aromatic carbocycles. The normalized spacial score (nSPS) is 10.0. The van der Waals surface area contributed by atoms with Gasteiger partial charge in [-0.05, 0) is 55.2 Å². The number of aromatic nitrogens is 2. The lowest BCUT2D eigenvalue weighted by atomic mass is 10.1. The van der Waals surface area contributed by atoms with Crippen molar-refractivity contribution in [2.75, 3.05) is 0 Å². The zero-order valence-corrected chi connectivity index (χ0v) is 10.4. The SMILES string of the molecule is Cc1ccnc(-c2cc(CCCC#N)ccn2)c1. The maximum Gasteiger partial charge on any atom is 0.0888 e. The number of nitrogens with zero attached hydrogens (tertiary/aromatic N) is 3. The lowest BCUT2D eigenvalue weighted by Gasteiger charge is -2.04. The van der Waals surface area contributed by atoms with Gasteiger partial charge in [0, 0.05) is 18.8 Å². The summed E-state index contributed by atoms with van der Waals surface area (Å²) >= 11 is 0. The second-order valence-electron chi connectivity index (χ2n) is 4.28. The standard InChI is InChI=1S/C15H15N3/c1-12-5-8-17-14(10-12)15-11-13(6-9-18-15)4-2-3-7-16/h5-6,8-11H,2-4H2,1H3. The molecule has 2 heterocycles. The Labute approximate surface area is 107 Å². The van der Waals surface area contributed by atoms with Gasteiger partial charge in [0.2, 0.25) is 0 Å². The summed E-state index contributed by atoms with van der Waals surface area (Å²) in [6, 6.07) is 10.2. The summed E-state index contributed by atoms with van der Waals surface area (Å²) in [5, 5.41) is 8.54. The van der Waals surface area contributed by atoms with Gasteiger partial charge in [0.05, 0.1) is 17.5 Å². The van der Waals surface area contributed by atoms with Gasteiger partial charge in [0.25, 0.3) is 0 Å². The fraction of sp³-hybridized carbons (Fsp3) is 0.267. The summed E-state index contributed by atoms with van der Waals surface area (Å²) in [6.45, 7) is 2.04. The molecule has 2 aromatic rings. The summed E-state index contributed by atoms with van der Waals surface area (Å²) < 4.78 is 0. The summed E-state index contributed by atoms with van der Waals surface area (Å²) in [5.41, 5.74) is 4.18. The molecule has 0 fully saturated rings. The van der Waals surface area contributed by atoms with Gasteiger partial charge in [-0.3, -0.25) is 9.97 Å². The maximum absolute atomic E-state index is 8.54. The fourth-order valence-corrected chi connectivity index (χ4v) is 1.82. The molecule has 0 aliphatic heterocycles. The van der Waals surface area contributed by atoms with E-state index in [1.807, 2.05) is 25.1 Å². The highest BCUT2D eigenvalue weighted by atomic mass is 14.8. The van der Waals surface area contributed by atoms with Crippen molar-refractivity contribution in [2.45, 2.75) is 26.2 Å². The number of pyridine rings is 2. The maximum atomic E-state index is 8.54. The highest BCUT2D eigenvalue weighted by Gasteiger charge is 2.02. The fourth-order valence-electron chi connectivity index (χ4n) is 1.82. The lowest BCUT2D eigenvalue weighted by molar-refractivity contribution is 0.849. The Morgan fingerprint density at radius 2 is 1.83 bits per heavy atom. The van der Waals surface area contributed by atoms with Crippen LogP contribution in [0.5, 0.6) is 0 Å². The van der Waals surface area contributed by atoms with Crippen molar-refractivity contribution in [2.24, 2.45) is 0 Å². The Kier molecular flexibility index (Phi) is 4.03. The average molecular weight is 237 g/mol. The third-order valence-electron chi connectivity index (χ3n) is 2.76. The number of aryl methyl sites for hydroxylation is 2. The first-order valence-electron chi connectivity index (χ1n) is 6.04.